The van der Waals surface area contributed by atoms with Gasteiger partial charge in [-0.3, -0.25) is 9.89 Å². The SMILES string of the molecule is NC1CCCN(c2cccc(-c3n[nH]c4cnc(N5CCNC(=O)C5)cc34)n2)C1. The van der Waals surface area contributed by atoms with Gasteiger partial charge in [0.05, 0.1) is 24.0 Å². The van der Waals surface area contributed by atoms with Crippen LogP contribution in [-0.4, -0.2) is 64.8 Å². The van der Waals surface area contributed by atoms with E-state index < -0.39 is 0 Å². The highest BCUT2D eigenvalue weighted by Gasteiger charge is 2.21. The standard InChI is InChI=1S/C20H24N8O/c21-13-3-2-7-27(11-13)17-5-1-4-15(24-17)20-14-9-18(23-10-16(14)25-26-20)28-8-6-22-19(29)12-28/h1,4-5,9-10,13H,2-3,6-8,11-12,21H2,(H,22,29)(H,25,26). The maximum Gasteiger partial charge on any atom is 0.239 e. The van der Waals surface area contributed by atoms with Gasteiger partial charge in [-0.05, 0) is 31.0 Å². The van der Waals surface area contributed by atoms with E-state index in [9.17, 15) is 4.79 Å². The Balaban J connectivity index is 1.49. The molecule has 29 heavy (non-hydrogen) atoms. The number of hydrogen-bond donors (Lipinski definition) is 3. The second-order valence-corrected chi connectivity index (χ2v) is 7.66. The number of aromatic amines is 1. The highest BCUT2D eigenvalue weighted by molar-refractivity contribution is 5.93. The van der Waals surface area contributed by atoms with Crippen molar-refractivity contribution in [2.75, 3.05) is 42.5 Å². The number of nitrogens with zero attached hydrogens (tertiary/aromatic N) is 5. The minimum Gasteiger partial charge on any atom is -0.355 e. The number of H-pyrrole nitrogens is 1. The average molecular weight is 392 g/mol. The predicted octanol–water partition coefficient (Wildman–Crippen LogP) is 0.884. The van der Waals surface area contributed by atoms with Crippen LogP contribution >= 0.6 is 0 Å². The van der Waals surface area contributed by atoms with E-state index in [2.05, 4.69) is 25.4 Å². The molecule has 0 radical (unpaired) electrons. The van der Waals surface area contributed by atoms with Crippen molar-refractivity contribution in [2.45, 2.75) is 18.9 Å². The van der Waals surface area contributed by atoms with Gasteiger partial charge in [0, 0.05) is 37.6 Å². The fraction of sp³-hybridized carbons (Fsp3) is 0.400. The smallest absolute Gasteiger partial charge is 0.239 e. The number of amides is 1. The zero-order valence-electron chi connectivity index (χ0n) is 16.1. The van der Waals surface area contributed by atoms with E-state index in [0.717, 1.165) is 66.4 Å². The van der Waals surface area contributed by atoms with Crippen molar-refractivity contribution in [3.05, 3.63) is 30.5 Å². The summed E-state index contributed by atoms with van der Waals surface area (Å²) in [5, 5.41) is 11.3. The van der Waals surface area contributed by atoms with Crippen LogP contribution in [0.2, 0.25) is 0 Å². The second-order valence-electron chi connectivity index (χ2n) is 7.66. The van der Waals surface area contributed by atoms with Gasteiger partial charge in [-0.2, -0.15) is 5.10 Å². The number of fused-ring (bicyclic) bond motifs is 1. The molecular formula is C20H24N8O. The van der Waals surface area contributed by atoms with Gasteiger partial charge >= 0.3 is 0 Å². The molecule has 1 unspecified atom stereocenters. The molecule has 1 atom stereocenters. The van der Waals surface area contributed by atoms with Crippen LogP contribution in [0.5, 0.6) is 0 Å². The van der Waals surface area contributed by atoms with Gasteiger partial charge in [-0.15, -0.1) is 0 Å². The van der Waals surface area contributed by atoms with E-state index in [4.69, 9.17) is 10.7 Å². The monoisotopic (exact) mass is 392 g/mol. The van der Waals surface area contributed by atoms with E-state index in [1.54, 1.807) is 6.20 Å². The summed E-state index contributed by atoms with van der Waals surface area (Å²) in [5.41, 5.74) is 8.58. The van der Waals surface area contributed by atoms with E-state index in [1.165, 1.54) is 0 Å². The van der Waals surface area contributed by atoms with E-state index in [1.807, 2.05) is 29.2 Å². The largest absolute Gasteiger partial charge is 0.355 e. The number of piperidine rings is 1. The molecule has 3 aromatic rings. The number of piperazine rings is 1. The Morgan fingerprint density at radius 2 is 2.10 bits per heavy atom. The molecule has 0 bridgehead atoms. The van der Waals surface area contributed by atoms with E-state index >= 15 is 0 Å². The van der Waals surface area contributed by atoms with E-state index in [0.29, 0.717) is 13.1 Å². The quantitative estimate of drug-likeness (QED) is 0.606. The topological polar surface area (TPSA) is 116 Å². The van der Waals surface area contributed by atoms with Crippen LogP contribution in [0.15, 0.2) is 30.5 Å². The number of pyridine rings is 2. The molecule has 1 amide bonds. The van der Waals surface area contributed by atoms with Crippen molar-refractivity contribution in [3.8, 4) is 11.4 Å². The number of rotatable bonds is 3. The first-order valence-corrected chi connectivity index (χ1v) is 10.0. The van der Waals surface area contributed by atoms with Crippen molar-refractivity contribution in [1.29, 1.82) is 0 Å². The van der Waals surface area contributed by atoms with Crippen molar-refractivity contribution in [2.24, 2.45) is 5.73 Å². The summed E-state index contributed by atoms with van der Waals surface area (Å²) in [6, 6.07) is 8.18. The number of hydrogen-bond acceptors (Lipinski definition) is 7. The lowest BCUT2D eigenvalue weighted by Gasteiger charge is -2.31. The zero-order chi connectivity index (χ0) is 19.8. The molecule has 9 nitrogen and oxygen atoms in total. The molecule has 9 heteroatoms. The molecule has 5 heterocycles. The van der Waals surface area contributed by atoms with Gasteiger partial charge in [0.2, 0.25) is 5.91 Å². The summed E-state index contributed by atoms with van der Waals surface area (Å²) in [4.78, 5) is 25.3. The lowest BCUT2D eigenvalue weighted by atomic mass is 10.1. The van der Waals surface area contributed by atoms with Crippen LogP contribution in [0.1, 0.15) is 12.8 Å². The summed E-state index contributed by atoms with van der Waals surface area (Å²) in [7, 11) is 0. The first kappa shape index (κ1) is 17.9. The first-order chi connectivity index (χ1) is 14.2. The number of carbonyl (C=O) groups is 1. The molecule has 0 aliphatic carbocycles. The van der Waals surface area contributed by atoms with E-state index in [-0.39, 0.29) is 11.9 Å². The molecule has 4 N–H and O–H groups in total. The molecule has 150 valence electrons. The number of aromatic nitrogens is 4. The minimum atomic E-state index is 0.0136. The van der Waals surface area contributed by atoms with Crippen LogP contribution in [0.25, 0.3) is 22.3 Å². The van der Waals surface area contributed by atoms with Crippen LogP contribution in [0, 0.1) is 0 Å². The summed E-state index contributed by atoms with van der Waals surface area (Å²) >= 11 is 0. The molecule has 3 aromatic heterocycles. The Bertz CT molecular complexity index is 1050. The van der Waals surface area contributed by atoms with Crippen molar-refractivity contribution in [3.63, 3.8) is 0 Å². The molecule has 2 fully saturated rings. The van der Waals surface area contributed by atoms with Crippen molar-refractivity contribution in [1.82, 2.24) is 25.5 Å². The van der Waals surface area contributed by atoms with Gasteiger partial charge in [0.1, 0.15) is 17.3 Å². The molecule has 2 saturated heterocycles. The summed E-state index contributed by atoms with van der Waals surface area (Å²) in [6.07, 6.45) is 3.91. The predicted molar refractivity (Wildman–Crippen MR) is 112 cm³/mol. The normalized spacial score (nSPS) is 20.2. The summed E-state index contributed by atoms with van der Waals surface area (Å²) in [5.74, 6) is 1.71. The lowest BCUT2D eigenvalue weighted by Crippen LogP contribution is -2.48. The highest BCUT2D eigenvalue weighted by Crippen LogP contribution is 2.29. The van der Waals surface area contributed by atoms with Gasteiger partial charge in [0.15, 0.2) is 0 Å². The Hall–Kier alpha value is -3.20. The fourth-order valence-electron chi connectivity index (χ4n) is 4.06. The Kier molecular flexibility index (Phi) is 4.51. The molecule has 0 spiro atoms. The molecule has 0 saturated carbocycles. The molecule has 2 aliphatic heterocycles. The van der Waals surface area contributed by atoms with Crippen molar-refractivity contribution >= 4 is 28.4 Å². The third kappa shape index (κ3) is 3.49. The highest BCUT2D eigenvalue weighted by atomic mass is 16.2. The maximum atomic E-state index is 11.7. The number of anilines is 2. The fourth-order valence-corrected chi connectivity index (χ4v) is 4.06. The van der Waals surface area contributed by atoms with Crippen LogP contribution in [-0.2, 0) is 4.79 Å². The summed E-state index contributed by atoms with van der Waals surface area (Å²) in [6.45, 7) is 3.47. The number of nitrogens with one attached hydrogen (secondary N) is 2. The summed E-state index contributed by atoms with van der Waals surface area (Å²) < 4.78 is 0. The second kappa shape index (κ2) is 7.32. The molecule has 5 rings (SSSR count). The Morgan fingerprint density at radius 3 is 2.97 bits per heavy atom. The minimum absolute atomic E-state index is 0.0136. The number of nitrogens with two attached hydrogens (primary N) is 1. The van der Waals surface area contributed by atoms with Crippen LogP contribution in [0.3, 0.4) is 0 Å². The molecule has 0 aromatic carbocycles. The average Bonchev–Trinajstić information content (AvgIpc) is 3.17. The molecule has 2 aliphatic rings. The first-order valence-electron chi connectivity index (χ1n) is 10.0. The van der Waals surface area contributed by atoms with Gasteiger partial charge < -0.3 is 20.9 Å². The maximum absolute atomic E-state index is 11.7. The third-order valence-electron chi connectivity index (χ3n) is 5.55. The van der Waals surface area contributed by atoms with Crippen LogP contribution in [0.4, 0.5) is 11.6 Å². The molecular weight excluding hydrogens is 368 g/mol. The Morgan fingerprint density at radius 1 is 1.17 bits per heavy atom. The number of carbonyl (C=O) groups excluding carboxylic acids is 1. The van der Waals surface area contributed by atoms with Crippen LogP contribution < -0.4 is 20.9 Å². The third-order valence-corrected chi connectivity index (χ3v) is 5.55. The lowest BCUT2D eigenvalue weighted by molar-refractivity contribution is -0.120. The zero-order valence-corrected chi connectivity index (χ0v) is 16.1. The van der Waals surface area contributed by atoms with Gasteiger partial charge in [0.25, 0.3) is 0 Å². The Labute approximate surface area is 168 Å². The van der Waals surface area contributed by atoms with Crippen molar-refractivity contribution < 1.29 is 4.79 Å². The van der Waals surface area contributed by atoms with Gasteiger partial charge in [-0.25, -0.2) is 9.97 Å². The van der Waals surface area contributed by atoms with Gasteiger partial charge in [-0.1, -0.05) is 6.07 Å².